The number of hydrogen-bond acceptors (Lipinski definition) is 7. The van der Waals surface area contributed by atoms with Crippen molar-refractivity contribution in [2.24, 2.45) is 0 Å². The van der Waals surface area contributed by atoms with E-state index < -0.39 is 33.0 Å². The number of hydrogen-bond donors (Lipinski definition) is 1. The zero-order valence-electron chi connectivity index (χ0n) is 8.67. The molecule has 0 aromatic rings. The molecule has 0 rings (SSSR count). The van der Waals surface area contributed by atoms with Gasteiger partial charge in [0, 0.05) is 18.8 Å². The molecule has 0 aliphatic rings. The first-order chi connectivity index (χ1) is 6.31. The van der Waals surface area contributed by atoms with Gasteiger partial charge in [-0.15, -0.1) is 0 Å². The summed E-state index contributed by atoms with van der Waals surface area (Å²) >= 11 is 0. The van der Waals surface area contributed by atoms with Crippen LogP contribution >= 0.6 is 0 Å². The molecule has 15 heavy (non-hydrogen) atoms. The standard InChI is InChI=1S/C5H13NO6S3/c1-6-5(13(2,7)8,14(3,9)10)15(4,11)12/h6H,1-4H3. The van der Waals surface area contributed by atoms with Crippen molar-refractivity contribution in [2.45, 2.75) is 3.54 Å². The van der Waals surface area contributed by atoms with E-state index in [1.807, 2.05) is 5.32 Å². The van der Waals surface area contributed by atoms with Gasteiger partial charge in [-0.1, -0.05) is 0 Å². The fourth-order valence-corrected chi connectivity index (χ4v) is 9.09. The Hall–Kier alpha value is -0.190. The van der Waals surface area contributed by atoms with Gasteiger partial charge in [-0.2, -0.15) is 0 Å². The van der Waals surface area contributed by atoms with Crippen LogP contribution in [0.5, 0.6) is 0 Å². The van der Waals surface area contributed by atoms with Gasteiger partial charge in [0.15, 0.2) is 29.5 Å². The van der Waals surface area contributed by atoms with Crippen LogP contribution in [0.4, 0.5) is 0 Å². The molecule has 0 saturated carbocycles. The van der Waals surface area contributed by atoms with Gasteiger partial charge < -0.3 is 0 Å². The molecule has 0 aromatic carbocycles. The van der Waals surface area contributed by atoms with E-state index in [2.05, 4.69) is 0 Å². The molecule has 0 heterocycles. The highest BCUT2D eigenvalue weighted by atomic mass is 32.3. The summed E-state index contributed by atoms with van der Waals surface area (Å²) in [6, 6.07) is 0. The number of nitrogens with one attached hydrogen (secondary N) is 1. The number of rotatable bonds is 4. The van der Waals surface area contributed by atoms with Crippen molar-refractivity contribution in [2.75, 3.05) is 25.8 Å². The van der Waals surface area contributed by atoms with Crippen molar-refractivity contribution in [1.29, 1.82) is 0 Å². The van der Waals surface area contributed by atoms with Gasteiger partial charge in [0.2, 0.25) is 0 Å². The van der Waals surface area contributed by atoms with Gasteiger partial charge in [0.1, 0.15) is 0 Å². The predicted molar refractivity (Wildman–Crippen MR) is 56.3 cm³/mol. The fourth-order valence-electron chi connectivity index (χ4n) is 1.38. The molecule has 92 valence electrons. The molecule has 0 amide bonds. The number of sulfone groups is 3. The molecule has 0 aliphatic carbocycles. The second-order valence-electron chi connectivity index (χ2n) is 3.12. The van der Waals surface area contributed by atoms with Gasteiger partial charge >= 0.3 is 3.54 Å². The van der Waals surface area contributed by atoms with Gasteiger partial charge in [-0.25, -0.2) is 25.3 Å². The molecular formula is C5H13NO6S3. The lowest BCUT2D eigenvalue weighted by molar-refractivity contribution is 0.541. The maximum absolute atomic E-state index is 11.4. The maximum atomic E-state index is 11.4. The third kappa shape index (κ3) is 2.17. The zero-order chi connectivity index (χ0) is 12.7. The first kappa shape index (κ1) is 14.8. The van der Waals surface area contributed by atoms with E-state index in [1.165, 1.54) is 0 Å². The summed E-state index contributed by atoms with van der Waals surface area (Å²) in [6.07, 6.45) is 1.64. The van der Waals surface area contributed by atoms with Crippen molar-refractivity contribution in [3.63, 3.8) is 0 Å². The monoisotopic (exact) mass is 279 g/mol. The maximum Gasteiger partial charge on any atom is 0.322 e. The molecule has 0 atom stereocenters. The average molecular weight is 279 g/mol. The molecule has 0 unspecified atom stereocenters. The Kier molecular flexibility index (Phi) is 3.63. The summed E-state index contributed by atoms with van der Waals surface area (Å²) in [4.78, 5) is 0. The van der Waals surface area contributed by atoms with Crippen molar-refractivity contribution in [3.8, 4) is 0 Å². The van der Waals surface area contributed by atoms with Gasteiger partial charge in [-0.3, -0.25) is 5.32 Å². The molecule has 1 N–H and O–H groups in total. The van der Waals surface area contributed by atoms with Crippen molar-refractivity contribution in [1.82, 2.24) is 5.32 Å². The van der Waals surface area contributed by atoms with Crippen LogP contribution in [0.1, 0.15) is 0 Å². The van der Waals surface area contributed by atoms with Crippen LogP contribution in [0.2, 0.25) is 0 Å². The van der Waals surface area contributed by atoms with Gasteiger partial charge in [-0.05, 0) is 7.05 Å². The Morgan fingerprint density at radius 1 is 0.733 bits per heavy atom. The second kappa shape index (κ2) is 3.68. The highest BCUT2D eigenvalue weighted by Crippen LogP contribution is 2.25. The zero-order valence-corrected chi connectivity index (χ0v) is 11.1. The van der Waals surface area contributed by atoms with Crippen LogP contribution < -0.4 is 5.32 Å². The van der Waals surface area contributed by atoms with E-state index in [1.54, 1.807) is 0 Å². The fraction of sp³-hybridized carbons (Fsp3) is 1.00. The van der Waals surface area contributed by atoms with Crippen molar-refractivity contribution < 1.29 is 25.3 Å². The SMILES string of the molecule is CNC(S(C)(=O)=O)(S(C)(=O)=O)S(C)(=O)=O. The molecule has 7 nitrogen and oxygen atoms in total. The Balaban J connectivity index is 6.58. The van der Waals surface area contributed by atoms with Crippen molar-refractivity contribution in [3.05, 3.63) is 0 Å². The summed E-state index contributed by atoms with van der Waals surface area (Å²) in [7, 11) is -12.2. The first-order valence-electron chi connectivity index (χ1n) is 3.59. The Labute approximate surface area is 89.6 Å². The van der Waals surface area contributed by atoms with E-state index in [-0.39, 0.29) is 0 Å². The minimum Gasteiger partial charge on any atom is -0.276 e. The summed E-state index contributed by atoms with van der Waals surface area (Å²) in [6.45, 7) is 0. The van der Waals surface area contributed by atoms with E-state index in [4.69, 9.17) is 0 Å². The van der Waals surface area contributed by atoms with Gasteiger partial charge in [0.05, 0.1) is 0 Å². The van der Waals surface area contributed by atoms with Crippen LogP contribution in [0.3, 0.4) is 0 Å². The summed E-state index contributed by atoms with van der Waals surface area (Å²) < 4.78 is 65.2. The molecular weight excluding hydrogens is 266 g/mol. The third-order valence-corrected chi connectivity index (χ3v) is 10.8. The Morgan fingerprint density at radius 3 is 0.933 bits per heavy atom. The lowest BCUT2D eigenvalue weighted by Crippen LogP contribution is -2.60. The summed E-state index contributed by atoms with van der Waals surface area (Å²) in [5.41, 5.74) is 0. The van der Waals surface area contributed by atoms with Crippen LogP contribution in [0.25, 0.3) is 0 Å². The molecule has 10 heteroatoms. The first-order valence-corrected chi connectivity index (χ1v) is 9.26. The van der Waals surface area contributed by atoms with Gasteiger partial charge in [0.25, 0.3) is 0 Å². The highest BCUT2D eigenvalue weighted by molar-refractivity contribution is 8.25. The lowest BCUT2D eigenvalue weighted by Gasteiger charge is -2.27. The molecule has 0 spiro atoms. The molecule has 0 radical (unpaired) electrons. The topological polar surface area (TPSA) is 114 Å². The third-order valence-electron chi connectivity index (χ3n) is 1.77. The molecule has 0 fully saturated rings. The molecule has 0 saturated heterocycles. The van der Waals surface area contributed by atoms with Crippen LogP contribution in [-0.4, -0.2) is 54.6 Å². The van der Waals surface area contributed by atoms with E-state index in [9.17, 15) is 25.3 Å². The average Bonchev–Trinajstić information content (AvgIpc) is 1.76. The molecule has 0 aliphatic heterocycles. The van der Waals surface area contributed by atoms with E-state index in [0.717, 1.165) is 7.05 Å². The Bertz CT molecular complexity index is 461. The smallest absolute Gasteiger partial charge is 0.276 e. The normalized spacial score (nSPS) is 15.2. The Morgan fingerprint density at radius 2 is 0.933 bits per heavy atom. The van der Waals surface area contributed by atoms with E-state index in [0.29, 0.717) is 18.8 Å². The minimum atomic E-state index is -4.38. The molecule has 0 bridgehead atoms. The van der Waals surface area contributed by atoms with E-state index >= 15 is 0 Å². The summed E-state index contributed by atoms with van der Waals surface area (Å²) in [5.74, 6) is 0. The predicted octanol–water partition coefficient (Wildman–Crippen LogP) is -2.05. The largest absolute Gasteiger partial charge is 0.322 e. The quantitative estimate of drug-likeness (QED) is 0.630. The van der Waals surface area contributed by atoms with Crippen LogP contribution in [0.15, 0.2) is 0 Å². The van der Waals surface area contributed by atoms with Crippen LogP contribution in [0, 0.1) is 0 Å². The van der Waals surface area contributed by atoms with Crippen LogP contribution in [-0.2, 0) is 29.5 Å². The molecule has 0 aromatic heterocycles. The highest BCUT2D eigenvalue weighted by Gasteiger charge is 2.58. The minimum absolute atomic E-state index is 0.547. The second-order valence-corrected chi connectivity index (χ2v) is 10.4. The lowest BCUT2D eigenvalue weighted by atomic mass is 11.2. The summed E-state index contributed by atoms with van der Waals surface area (Å²) in [5, 5.41) is 1.87. The van der Waals surface area contributed by atoms with Crippen molar-refractivity contribution >= 4 is 29.5 Å².